The maximum absolute atomic E-state index is 12.2. The highest BCUT2D eigenvalue weighted by Crippen LogP contribution is 2.23. The molecule has 0 atom stereocenters. The molecular weight excluding hydrogens is 260 g/mol. The van der Waals surface area contributed by atoms with E-state index in [9.17, 15) is 4.79 Å². The van der Waals surface area contributed by atoms with Gasteiger partial charge >= 0.3 is 0 Å². The molecule has 0 spiro atoms. The third kappa shape index (κ3) is 3.57. The SMILES string of the molecule is CC(C)(C)c1cc(C(=O)NC2CC=CC2)cc(Cl)n1. The standard InChI is InChI=1S/C15H19ClN2O/c1-15(2,3)12-8-10(9-13(16)18-12)14(19)17-11-6-4-5-7-11/h4-5,8-9,11H,6-7H2,1-3H3,(H,17,19). The van der Waals surface area contributed by atoms with Gasteiger partial charge in [-0.2, -0.15) is 0 Å². The molecule has 19 heavy (non-hydrogen) atoms. The molecule has 0 radical (unpaired) electrons. The lowest BCUT2D eigenvalue weighted by Gasteiger charge is -2.19. The summed E-state index contributed by atoms with van der Waals surface area (Å²) < 4.78 is 0. The largest absolute Gasteiger partial charge is 0.349 e. The van der Waals surface area contributed by atoms with Crippen LogP contribution in [0.1, 0.15) is 49.7 Å². The molecule has 0 unspecified atom stereocenters. The first-order valence-electron chi connectivity index (χ1n) is 6.50. The van der Waals surface area contributed by atoms with Gasteiger partial charge in [-0.1, -0.05) is 44.5 Å². The van der Waals surface area contributed by atoms with E-state index in [4.69, 9.17) is 11.6 Å². The number of carbonyl (C=O) groups is 1. The van der Waals surface area contributed by atoms with Crippen LogP contribution in [0, 0.1) is 0 Å². The minimum Gasteiger partial charge on any atom is -0.349 e. The Morgan fingerprint density at radius 3 is 2.53 bits per heavy atom. The van der Waals surface area contributed by atoms with Gasteiger partial charge in [0.1, 0.15) is 5.15 Å². The quantitative estimate of drug-likeness (QED) is 0.665. The van der Waals surface area contributed by atoms with E-state index in [1.807, 2.05) is 26.8 Å². The van der Waals surface area contributed by atoms with Crippen molar-refractivity contribution < 1.29 is 4.79 Å². The summed E-state index contributed by atoms with van der Waals surface area (Å²) in [4.78, 5) is 16.5. The van der Waals surface area contributed by atoms with E-state index in [0.717, 1.165) is 18.5 Å². The number of pyridine rings is 1. The zero-order valence-electron chi connectivity index (χ0n) is 11.5. The first kappa shape index (κ1) is 14.1. The van der Waals surface area contributed by atoms with Crippen molar-refractivity contribution in [3.8, 4) is 0 Å². The van der Waals surface area contributed by atoms with Crippen molar-refractivity contribution in [3.05, 3.63) is 40.7 Å². The summed E-state index contributed by atoms with van der Waals surface area (Å²) in [5.74, 6) is -0.0801. The summed E-state index contributed by atoms with van der Waals surface area (Å²) in [5, 5.41) is 3.38. The van der Waals surface area contributed by atoms with Gasteiger partial charge in [-0.3, -0.25) is 4.79 Å². The Labute approximate surface area is 119 Å². The Balaban J connectivity index is 2.19. The van der Waals surface area contributed by atoms with Gasteiger partial charge in [0, 0.05) is 22.7 Å². The number of amides is 1. The third-order valence-corrected chi connectivity index (χ3v) is 3.36. The van der Waals surface area contributed by atoms with E-state index in [1.54, 1.807) is 6.07 Å². The van der Waals surface area contributed by atoms with Gasteiger partial charge in [-0.05, 0) is 25.0 Å². The normalized spacial score (nSPS) is 15.8. The predicted octanol–water partition coefficient (Wildman–Crippen LogP) is 3.48. The van der Waals surface area contributed by atoms with E-state index in [2.05, 4.69) is 22.5 Å². The van der Waals surface area contributed by atoms with Gasteiger partial charge in [0.05, 0.1) is 0 Å². The molecule has 0 bridgehead atoms. The number of halogens is 1. The summed E-state index contributed by atoms with van der Waals surface area (Å²) in [7, 11) is 0. The second kappa shape index (κ2) is 5.33. The number of rotatable bonds is 2. The minimum absolute atomic E-state index is 0.0801. The fourth-order valence-corrected chi connectivity index (χ4v) is 2.22. The number of nitrogens with one attached hydrogen (secondary N) is 1. The Kier molecular flexibility index (Phi) is 3.95. The lowest BCUT2D eigenvalue weighted by atomic mass is 9.91. The molecule has 1 aliphatic carbocycles. The molecule has 102 valence electrons. The summed E-state index contributed by atoms with van der Waals surface area (Å²) in [6.07, 6.45) is 5.98. The zero-order chi connectivity index (χ0) is 14.0. The lowest BCUT2D eigenvalue weighted by molar-refractivity contribution is 0.0938. The van der Waals surface area contributed by atoms with Crippen molar-refractivity contribution in [2.75, 3.05) is 0 Å². The number of hydrogen-bond acceptors (Lipinski definition) is 2. The monoisotopic (exact) mass is 278 g/mol. The molecule has 3 nitrogen and oxygen atoms in total. The third-order valence-electron chi connectivity index (χ3n) is 3.17. The van der Waals surface area contributed by atoms with E-state index in [-0.39, 0.29) is 17.4 Å². The van der Waals surface area contributed by atoms with Crippen LogP contribution in [-0.2, 0) is 5.41 Å². The second-order valence-electron chi connectivity index (χ2n) is 5.93. The van der Waals surface area contributed by atoms with Gasteiger partial charge in [-0.25, -0.2) is 4.98 Å². The lowest BCUT2D eigenvalue weighted by Crippen LogP contribution is -2.33. The number of hydrogen-bond donors (Lipinski definition) is 1. The van der Waals surface area contributed by atoms with Crippen molar-refractivity contribution in [1.82, 2.24) is 10.3 Å². The van der Waals surface area contributed by atoms with Crippen molar-refractivity contribution in [2.24, 2.45) is 0 Å². The molecule has 0 aromatic carbocycles. The van der Waals surface area contributed by atoms with Crippen molar-refractivity contribution >= 4 is 17.5 Å². The average Bonchev–Trinajstić information content (AvgIpc) is 2.79. The molecule has 1 N–H and O–H groups in total. The number of carbonyl (C=O) groups excluding carboxylic acids is 1. The topological polar surface area (TPSA) is 42.0 Å². The van der Waals surface area contributed by atoms with Crippen LogP contribution in [0.4, 0.5) is 0 Å². The Morgan fingerprint density at radius 2 is 1.95 bits per heavy atom. The summed E-state index contributed by atoms with van der Waals surface area (Å²) in [6, 6.07) is 3.65. The molecular formula is C15H19ClN2O. The van der Waals surface area contributed by atoms with Crippen LogP contribution in [0.3, 0.4) is 0 Å². The molecule has 0 saturated heterocycles. The number of aromatic nitrogens is 1. The van der Waals surface area contributed by atoms with Gasteiger partial charge in [0.2, 0.25) is 0 Å². The highest BCUT2D eigenvalue weighted by atomic mass is 35.5. The second-order valence-corrected chi connectivity index (χ2v) is 6.31. The van der Waals surface area contributed by atoms with Crippen molar-refractivity contribution in [1.29, 1.82) is 0 Å². The van der Waals surface area contributed by atoms with Crippen LogP contribution < -0.4 is 5.32 Å². The Bertz CT molecular complexity index is 509. The summed E-state index contributed by atoms with van der Waals surface area (Å²) in [6.45, 7) is 6.15. The summed E-state index contributed by atoms with van der Waals surface area (Å²) in [5.41, 5.74) is 1.28. The molecule has 1 aromatic rings. The Hall–Kier alpha value is -1.35. The van der Waals surface area contributed by atoms with Gasteiger partial charge in [-0.15, -0.1) is 0 Å². The molecule has 1 aromatic heterocycles. The van der Waals surface area contributed by atoms with Gasteiger partial charge in [0.25, 0.3) is 5.91 Å². The molecule has 1 amide bonds. The predicted molar refractivity (Wildman–Crippen MR) is 77.6 cm³/mol. The van der Waals surface area contributed by atoms with Crippen molar-refractivity contribution in [2.45, 2.75) is 45.1 Å². The van der Waals surface area contributed by atoms with Crippen LogP contribution in [-0.4, -0.2) is 16.9 Å². The van der Waals surface area contributed by atoms with Crippen LogP contribution >= 0.6 is 11.6 Å². The van der Waals surface area contributed by atoms with Crippen LogP contribution in [0.2, 0.25) is 5.15 Å². The zero-order valence-corrected chi connectivity index (χ0v) is 12.3. The van der Waals surface area contributed by atoms with Crippen LogP contribution in [0.25, 0.3) is 0 Å². The fraction of sp³-hybridized carbons (Fsp3) is 0.467. The van der Waals surface area contributed by atoms with E-state index in [0.29, 0.717) is 10.7 Å². The Morgan fingerprint density at radius 1 is 1.32 bits per heavy atom. The van der Waals surface area contributed by atoms with E-state index < -0.39 is 0 Å². The van der Waals surface area contributed by atoms with Crippen LogP contribution in [0.15, 0.2) is 24.3 Å². The first-order chi connectivity index (χ1) is 8.86. The molecule has 0 fully saturated rings. The van der Waals surface area contributed by atoms with Crippen LogP contribution in [0.5, 0.6) is 0 Å². The van der Waals surface area contributed by atoms with Gasteiger partial charge in [0.15, 0.2) is 0 Å². The smallest absolute Gasteiger partial charge is 0.251 e. The minimum atomic E-state index is -0.130. The summed E-state index contributed by atoms with van der Waals surface area (Å²) >= 11 is 6.01. The molecule has 4 heteroatoms. The van der Waals surface area contributed by atoms with Gasteiger partial charge < -0.3 is 5.32 Å². The average molecular weight is 279 g/mol. The maximum Gasteiger partial charge on any atom is 0.251 e. The molecule has 1 heterocycles. The molecule has 0 saturated carbocycles. The van der Waals surface area contributed by atoms with E-state index in [1.165, 1.54) is 0 Å². The fourth-order valence-electron chi connectivity index (χ4n) is 2.02. The molecule has 0 aliphatic heterocycles. The number of nitrogens with zero attached hydrogens (tertiary/aromatic N) is 1. The maximum atomic E-state index is 12.2. The molecule has 2 rings (SSSR count). The first-order valence-corrected chi connectivity index (χ1v) is 6.88. The van der Waals surface area contributed by atoms with Crippen molar-refractivity contribution in [3.63, 3.8) is 0 Å². The highest BCUT2D eigenvalue weighted by Gasteiger charge is 2.20. The van der Waals surface area contributed by atoms with E-state index >= 15 is 0 Å². The highest BCUT2D eigenvalue weighted by molar-refractivity contribution is 6.29. The molecule has 1 aliphatic rings.